The number of hydrogen-bond acceptors (Lipinski definition) is 2. The zero-order valence-corrected chi connectivity index (χ0v) is 11.3. The van der Waals surface area contributed by atoms with E-state index in [1.54, 1.807) is 0 Å². The van der Waals surface area contributed by atoms with Crippen molar-refractivity contribution in [3.05, 3.63) is 35.9 Å². The largest absolute Gasteiger partial charge is 0.479 e. The highest BCUT2D eigenvalue weighted by Crippen LogP contribution is 2.23. The number of carboxylic acids is 1. The second-order valence-electron chi connectivity index (χ2n) is 4.79. The van der Waals surface area contributed by atoms with Gasteiger partial charge in [0.25, 0.3) is 0 Å². The zero-order chi connectivity index (χ0) is 13.6. The maximum atomic E-state index is 11.3. The predicted octanol–water partition coefficient (Wildman–Crippen LogP) is 3.28. The first kappa shape index (κ1) is 14.7. The second-order valence-corrected chi connectivity index (χ2v) is 4.79. The SMILES string of the molecule is CCC(C)(CC)OC(Cc1ccccc1)C(=O)O. The van der Waals surface area contributed by atoms with Gasteiger partial charge in [-0.3, -0.25) is 0 Å². The third-order valence-electron chi connectivity index (χ3n) is 3.46. The normalized spacial score (nSPS) is 13.3. The monoisotopic (exact) mass is 250 g/mol. The van der Waals surface area contributed by atoms with Gasteiger partial charge >= 0.3 is 5.97 Å². The Bertz CT molecular complexity index is 369. The average Bonchev–Trinajstić information content (AvgIpc) is 2.39. The lowest BCUT2D eigenvalue weighted by Crippen LogP contribution is -2.38. The third kappa shape index (κ3) is 4.15. The maximum absolute atomic E-state index is 11.3. The highest BCUT2D eigenvalue weighted by molar-refractivity contribution is 5.72. The van der Waals surface area contributed by atoms with E-state index in [0.717, 1.165) is 18.4 Å². The highest BCUT2D eigenvalue weighted by atomic mass is 16.5. The fourth-order valence-corrected chi connectivity index (χ4v) is 1.77. The molecule has 1 aromatic carbocycles. The molecule has 1 unspecified atom stereocenters. The minimum atomic E-state index is -0.896. The molecule has 0 saturated carbocycles. The van der Waals surface area contributed by atoms with Crippen molar-refractivity contribution in [3.8, 4) is 0 Å². The van der Waals surface area contributed by atoms with E-state index >= 15 is 0 Å². The first-order chi connectivity index (χ1) is 8.50. The Balaban J connectivity index is 2.75. The van der Waals surface area contributed by atoms with Gasteiger partial charge in [-0.1, -0.05) is 44.2 Å². The second kappa shape index (κ2) is 6.55. The molecule has 0 spiro atoms. The summed E-state index contributed by atoms with van der Waals surface area (Å²) in [7, 11) is 0. The Morgan fingerprint density at radius 2 is 1.83 bits per heavy atom. The Labute approximate surface area is 109 Å². The first-order valence-electron chi connectivity index (χ1n) is 6.45. The molecule has 0 heterocycles. The van der Waals surface area contributed by atoms with Crippen LogP contribution in [0, 0.1) is 0 Å². The number of ether oxygens (including phenoxy) is 1. The summed E-state index contributed by atoms with van der Waals surface area (Å²) in [5, 5.41) is 9.26. The Hall–Kier alpha value is -1.35. The van der Waals surface area contributed by atoms with E-state index in [4.69, 9.17) is 4.74 Å². The van der Waals surface area contributed by atoms with E-state index in [-0.39, 0.29) is 5.60 Å². The van der Waals surface area contributed by atoms with Crippen molar-refractivity contribution in [2.45, 2.75) is 51.7 Å². The van der Waals surface area contributed by atoms with Gasteiger partial charge in [0.2, 0.25) is 0 Å². The number of benzene rings is 1. The van der Waals surface area contributed by atoms with Crippen LogP contribution in [0.15, 0.2) is 30.3 Å². The van der Waals surface area contributed by atoms with Crippen molar-refractivity contribution >= 4 is 5.97 Å². The van der Waals surface area contributed by atoms with Gasteiger partial charge in [-0.05, 0) is 25.3 Å². The number of hydrogen-bond donors (Lipinski definition) is 1. The molecule has 3 nitrogen and oxygen atoms in total. The van der Waals surface area contributed by atoms with Crippen LogP contribution in [0.4, 0.5) is 0 Å². The summed E-state index contributed by atoms with van der Waals surface area (Å²) < 4.78 is 5.80. The van der Waals surface area contributed by atoms with E-state index in [0.29, 0.717) is 6.42 Å². The highest BCUT2D eigenvalue weighted by Gasteiger charge is 2.29. The van der Waals surface area contributed by atoms with Crippen LogP contribution in [0.5, 0.6) is 0 Å². The van der Waals surface area contributed by atoms with Crippen LogP contribution in [0.3, 0.4) is 0 Å². The summed E-state index contributed by atoms with van der Waals surface area (Å²) in [5.74, 6) is -0.896. The minimum absolute atomic E-state index is 0.363. The predicted molar refractivity (Wildman–Crippen MR) is 71.6 cm³/mol. The van der Waals surface area contributed by atoms with E-state index in [2.05, 4.69) is 0 Å². The van der Waals surface area contributed by atoms with Gasteiger partial charge in [0.15, 0.2) is 6.10 Å². The summed E-state index contributed by atoms with van der Waals surface area (Å²) in [6.07, 6.45) is 1.24. The van der Waals surface area contributed by atoms with Crippen LogP contribution in [-0.2, 0) is 16.0 Å². The lowest BCUT2D eigenvalue weighted by molar-refractivity contribution is -0.163. The van der Waals surface area contributed by atoms with Crippen molar-refractivity contribution in [1.29, 1.82) is 0 Å². The minimum Gasteiger partial charge on any atom is -0.479 e. The number of aliphatic carboxylic acids is 1. The van der Waals surface area contributed by atoms with Crippen LogP contribution in [0.2, 0.25) is 0 Å². The quantitative estimate of drug-likeness (QED) is 0.807. The molecule has 0 bridgehead atoms. The van der Waals surface area contributed by atoms with Crippen molar-refractivity contribution in [1.82, 2.24) is 0 Å². The molecule has 1 aromatic rings. The molecule has 1 atom stereocenters. The van der Waals surface area contributed by atoms with Crippen LogP contribution >= 0.6 is 0 Å². The van der Waals surface area contributed by atoms with E-state index < -0.39 is 12.1 Å². The number of rotatable bonds is 7. The summed E-state index contributed by atoms with van der Waals surface area (Å²) in [6, 6.07) is 9.59. The molecule has 0 aliphatic rings. The van der Waals surface area contributed by atoms with Gasteiger partial charge in [0.1, 0.15) is 0 Å². The maximum Gasteiger partial charge on any atom is 0.333 e. The Morgan fingerprint density at radius 1 is 1.28 bits per heavy atom. The lowest BCUT2D eigenvalue weighted by Gasteiger charge is -2.30. The molecule has 0 aliphatic heterocycles. The molecule has 1 N–H and O–H groups in total. The third-order valence-corrected chi connectivity index (χ3v) is 3.46. The molecule has 0 aliphatic carbocycles. The lowest BCUT2D eigenvalue weighted by atomic mass is 9.99. The average molecular weight is 250 g/mol. The molecule has 1 rings (SSSR count). The first-order valence-corrected chi connectivity index (χ1v) is 6.45. The van der Waals surface area contributed by atoms with Gasteiger partial charge in [-0.2, -0.15) is 0 Å². The standard InChI is InChI=1S/C15H22O3/c1-4-15(3,5-2)18-13(14(16)17)11-12-9-7-6-8-10-12/h6-10,13H,4-5,11H2,1-3H3,(H,16,17). The molecule has 0 radical (unpaired) electrons. The van der Waals surface area contributed by atoms with Gasteiger partial charge in [0, 0.05) is 6.42 Å². The molecular formula is C15H22O3. The fraction of sp³-hybridized carbons (Fsp3) is 0.533. The number of carbonyl (C=O) groups is 1. The molecule has 0 amide bonds. The fourth-order valence-electron chi connectivity index (χ4n) is 1.77. The van der Waals surface area contributed by atoms with Gasteiger partial charge < -0.3 is 9.84 Å². The Kier molecular flexibility index (Phi) is 5.35. The van der Waals surface area contributed by atoms with Crippen molar-refractivity contribution in [2.24, 2.45) is 0 Å². The van der Waals surface area contributed by atoms with E-state index in [1.165, 1.54) is 0 Å². The van der Waals surface area contributed by atoms with Crippen molar-refractivity contribution in [2.75, 3.05) is 0 Å². The molecular weight excluding hydrogens is 228 g/mol. The van der Waals surface area contributed by atoms with E-state index in [1.807, 2.05) is 51.1 Å². The van der Waals surface area contributed by atoms with Crippen LogP contribution in [0.1, 0.15) is 39.2 Å². The Morgan fingerprint density at radius 3 is 2.28 bits per heavy atom. The molecule has 0 fully saturated rings. The van der Waals surface area contributed by atoms with Crippen molar-refractivity contribution in [3.63, 3.8) is 0 Å². The summed E-state index contributed by atoms with van der Waals surface area (Å²) in [4.78, 5) is 11.3. The molecule has 18 heavy (non-hydrogen) atoms. The van der Waals surface area contributed by atoms with Gasteiger partial charge in [-0.15, -0.1) is 0 Å². The zero-order valence-electron chi connectivity index (χ0n) is 11.3. The van der Waals surface area contributed by atoms with Crippen molar-refractivity contribution < 1.29 is 14.6 Å². The van der Waals surface area contributed by atoms with Gasteiger partial charge in [-0.25, -0.2) is 4.79 Å². The van der Waals surface area contributed by atoms with Gasteiger partial charge in [0.05, 0.1) is 5.60 Å². The molecule has 100 valence electrons. The number of carboxylic acid groups (broad SMARTS) is 1. The topological polar surface area (TPSA) is 46.5 Å². The van der Waals surface area contributed by atoms with E-state index in [9.17, 15) is 9.90 Å². The van der Waals surface area contributed by atoms with Crippen LogP contribution in [0.25, 0.3) is 0 Å². The van der Waals surface area contributed by atoms with Crippen LogP contribution in [-0.4, -0.2) is 22.8 Å². The summed E-state index contributed by atoms with van der Waals surface area (Å²) >= 11 is 0. The molecule has 3 heteroatoms. The smallest absolute Gasteiger partial charge is 0.333 e. The van der Waals surface area contributed by atoms with Crippen LogP contribution < -0.4 is 0 Å². The molecule has 0 aromatic heterocycles. The summed E-state index contributed by atoms with van der Waals surface area (Å²) in [6.45, 7) is 6.00. The molecule has 0 saturated heterocycles. The summed E-state index contributed by atoms with van der Waals surface area (Å²) in [5.41, 5.74) is 0.622.